The number of ether oxygens (including phenoxy) is 1. The monoisotopic (exact) mass is 244 g/mol. The molecule has 0 atom stereocenters. The summed E-state index contributed by atoms with van der Waals surface area (Å²) < 4.78 is 4.36. The molecule has 1 saturated carbocycles. The first-order valence-electron chi connectivity index (χ1n) is 5.32. The normalized spacial score (nSPS) is 16.5. The maximum atomic E-state index is 11.4. The molecule has 1 aliphatic rings. The Labute approximate surface area is 98.5 Å². The minimum absolute atomic E-state index is 0.0986. The van der Waals surface area contributed by atoms with Gasteiger partial charge in [0.2, 0.25) is 0 Å². The van der Waals surface area contributed by atoms with E-state index in [2.05, 4.69) is 15.4 Å². The molecule has 0 bridgehead atoms. The molecule has 0 heterocycles. The van der Waals surface area contributed by atoms with Crippen LogP contribution in [0.3, 0.4) is 0 Å². The van der Waals surface area contributed by atoms with Crippen molar-refractivity contribution in [3.63, 3.8) is 0 Å². The first-order valence-corrected chi connectivity index (χ1v) is 5.32. The lowest BCUT2D eigenvalue weighted by molar-refractivity contribution is -0.140. The molecule has 1 rings (SSSR count). The van der Waals surface area contributed by atoms with Crippen molar-refractivity contribution in [3.8, 4) is 0 Å². The second-order valence-corrected chi connectivity index (χ2v) is 4.09. The van der Waals surface area contributed by atoms with Gasteiger partial charge in [-0.1, -0.05) is 0 Å². The van der Waals surface area contributed by atoms with Crippen LogP contribution in [0.1, 0.15) is 25.7 Å². The van der Waals surface area contributed by atoms with Crippen LogP contribution in [0.15, 0.2) is 0 Å². The highest BCUT2D eigenvalue weighted by Crippen LogP contribution is 2.34. The van der Waals surface area contributed by atoms with Gasteiger partial charge < -0.3 is 20.5 Å². The molecule has 0 unspecified atom stereocenters. The fraction of sp³-hybridized carbons (Fsp3) is 0.700. The topological polar surface area (TPSA) is 105 Å². The van der Waals surface area contributed by atoms with E-state index < -0.39 is 23.5 Å². The van der Waals surface area contributed by atoms with E-state index in [9.17, 15) is 14.4 Å². The third-order valence-electron chi connectivity index (χ3n) is 2.80. The highest BCUT2D eigenvalue weighted by molar-refractivity contribution is 5.81. The minimum Gasteiger partial charge on any atom is -0.481 e. The first-order chi connectivity index (χ1) is 7.97. The number of amides is 2. The van der Waals surface area contributed by atoms with Crippen LogP contribution in [0.4, 0.5) is 4.79 Å². The molecule has 0 radical (unpaired) electrons. The van der Waals surface area contributed by atoms with Gasteiger partial charge in [0, 0.05) is 0 Å². The third kappa shape index (κ3) is 3.93. The van der Waals surface area contributed by atoms with E-state index in [-0.39, 0.29) is 13.0 Å². The zero-order valence-electron chi connectivity index (χ0n) is 9.62. The average molecular weight is 244 g/mol. The van der Waals surface area contributed by atoms with Crippen molar-refractivity contribution in [2.45, 2.75) is 31.2 Å². The number of nitrogens with one attached hydrogen (secondary N) is 2. The maximum absolute atomic E-state index is 11.4. The molecule has 1 fully saturated rings. The number of methoxy groups -OCH3 is 1. The number of carbonyl (C=O) groups is 3. The van der Waals surface area contributed by atoms with Crippen molar-refractivity contribution in [1.82, 2.24) is 10.6 Å². The first kappa shape index (κ1) is 13.3. The summed E-state index contributed by atoms with van der Waals surface area (Å²) >= 11 is 0. The average Bonchev–Trinajstić information content (AvgIpc) is 2.22. The van der Waals surface area contributed by atoms with Crippen LogP contribution in [-0.2, 0) is 14.3 Å². The van der Waals surface area contributed by atoms with E-state index in [4.69, 9.17) is 5.11 Å². The van der Waals surface area contributed by atoms with Gasteiger partial charge in [0.05, 0.1) is 19.1 Å². The number of rotatable bonds is 5. The summed E-state index contributed by atoms with van der Waals surface area (Å²) in [7, 11) is 1.22. The van der Waals surface area contributed by atoms with Gasteiger partial charge in [0.25, 0.3) is 0 Å². The Kier molecular flexibility index (Phi) is 4.30. The number of urea groups is 1. The molecule has 3 N–H and O–H groups in total. The molecule has 0 aromatic rings. The predicted molar refractivity (Wildman–Crippen MR) is 57.4 cm³/mol. The fourth-order valence-electron chi connectivity index (χ4n) is 1.75. The zero-order chi connectivity index (χ0) is 12.9. The van der Waals surface area contributed by atoms with E-state index in [1.54, 1.807) is 0 Å². The van der Waals surface area contributed by atoms with Crippen molar-refractivity contribution in [2.75, 3.05) is 13.7 Å². The summed E-state index contributed by atoms with van der Waals surface area (Å²) in [6.07, 6.45) is 2.08. The highest BCUT2D eigenvalue weighted by atomic mass is 16.5. The second kappa shape index (κ2) is 5.51. The van der Waals surface area contributed by atoms with E-state index in [0.29, 0.717) is 12.8 Å². The molecule has 0 spiro atoms. The summed E-state index contributed by atoms with van der Waals surface area (Å²) in [5, 5.41) is 13.7. The summed E-state index contributed by atoms with van der Waals surface area (Å²) in [4.78, 5) is 32.9. The van der Waals surface area contributed by atoms with Gasteiger partial charge in [-0.15, -0.1) is 0 Å². The van der Waals surface area contributed by atoms with Crippen molar-refractivity contribution in [1.29, 1.82) is 0 Å². The molecule has 96 valence electrons. The SMILES string of the molecule is COC(=O)CNC(=O)NC1(CC(=O)O)CCC1. The molecular formula is C10H16N2O5. The third-order valence-corrected chi connectivity index (χ3v) is 2.80. The van der Waals surface area contributed by atoms with Crippen molar-refractivity contribution >= 4 is 18.0 Å². The van der Waals surface area contributed by atoms with Crippen LogP contribution in [0.2, 0.25) is 0 Å². The number of carbonyl (C=O) groups excluding carboxylic acids is 2. The van der Waals surface area contributed by atoms with Gasteiger partial charge in [0.1, 0.15) is 6.54 Å². The Bertz CT molecular complexity index is 325. The summed E-state index contributed by atoms with van der Waals surface area (Å²) in [6.45, 7) is -0.231. The van der Waals surface area contributed by atoms with Crippen LogP contribution >= 0.6 is 0 Å². The van der Waals surface area contributed by atoms with Crippen molar-refractivity contribution < 1.29 is 24.2 Å². The lowest BCUT2D eigenvalue weighted by Crippen LogP contribution is -2.57. The van der Waals surface area contributed by atoms with E-state index in [1.807, 2.05) is 0 Å². The highest BCUT2D eigenvalue weighted by Gasteiger charge is 2.40. The molecule has 0 saturated heterocycles. The zero-order valence-corrected chi connectivity index (χ0v) is 9.62. The number of carboxylic acids is 1. The van der Waals surface area contributed by atoms with Crippen molar-refractivity contribution in [3.05, 3.63) is 0 Å². The minimum atomic E-state index is -0.946. The van der Waals surface area contributed by atoms with Crippen LogP contribution < -0.4 is 10.6 Å². The second-order valence-electron chi connectivity index (χ2n) is 4.09. The van der Waals surface area contributed by atoms with Gasteiger partial charge in [0.15, 0.2) is 0 Å². The molecule has 0 aromatic heterocycles. The van der Waals surface area contributed by atoms with Crippen LogP contribution in [0.25, 0.3) is 0 Å². The summed E-state index contributed by atoms with van der Waals surface area (Å²) in [5.41, 5.74) is -0.661. The molecule has 1 aliphatic carbocycles. The summed E-state index contributed by atoms with van der Waals surface area (Å²) in [5.74, 6) is -1.50. The standard InChI is InChI=1S/C10H16N2O5/c1-17-8(15)6-11-9(16)12-10(3-2-4-10)5-7(13)14/h2-6H2,1H3,(H,13,14)(H2,11,12,16). The fourth-order valence-corrected chi connectivity index (χ4v) is 1.75. The number of aliphatic carboxylic acids is 1. The number of esters is 1. The van der Waals surface area contributed by atoms with Gasteiger partial charge in [-0.25, -0.2) is 4.79 Å². The molecule has 17 heavy (non-hydrogen) atoms. The molecule has 2 amide bonds. The lowest BCUT2D eigenvalue weighted by atomic mass is 9.74. The van der Waals surface area contributed by atoms with E-state index in [1.165, 1.54) is 7.11 Å². The van der Waals surface area contributed by atoms with Gasteiger partial charge >= 0.3 is 18.0 Å². The van der Waals surface area contributed by atoms with Crippen LogP contribution in [0, 0.1) is 0 Å². The molecule has 7 nitrogen and oxygen atoms in total. The Morgan fingerprint density at radius 1 is 1.35 bits per heavy atom. The Hall–Kier alpha value is -1.79. The quantitative estimate of drug-likeness (QED) is 0.584. The lowest BCUT2D eigenvalue weighted by Gasteiger charge is -2.41. The van der Waals surface area contributed by atoms with Crippen LogP contribution in [-0.4, -0.2) is 42.3 Å². The van der Waals surface area contributed by atoms with Crippen molar-refractivity contribution in [2.24, 2.45) is 0 Å². The number of hydrogen-bond acceptors (Lipinski definition) is 4. The van der Waals surface area contributed by atoms with Gasteiger partial charge in [-0.05, 0) is 19.3 Å². The Morgan fingerprint density at radius 2 is 2.00 bits per heavy atom. The maximum Gasteiger partial charge on any atom is 0.325 e. The Balaban J connectivity index is 2.38. The number of carboxylic acid groups (broad SMARTS) is 1. The largest absolute Gasteiger partial charge is 0.481 e. The summed E-state index contributed by atoms with van der Waals surface area (Å²) in [6, 6.07) is -0.545. The number of hydrogen-bond donors (Lipinski definition) is 3. The van der Waals surface area contributed by atoms with Gasteiger partial charge in [-0.2, -0.15) is 0 Å². The molecule has 7 heteroatoms. The van der Waals surface area contributed by atoms with E-state index >= 15 is 0 Å². The van der Waals surface area contributed by atoms with E-state index in [0.717, 1.165) is 6.42 Å². The Morgan fingerprint density at radius 3 is 2.41 bits per heavy atom. The smallest absolute Gasteiger partial charge is 0.325 e. The molecule has 0 aliphatic heterocycles. The van der Waals surface area contributed by atoms with Gasteiger partial charge in [-0.3, -0.25) is 9.59 Å². The van der Waals surface area contributed by atoms with Crippen LogP contribution in [0.5, 0.6) is 0 Å². The predicted octanol–water partition coefficient (Wildman–Crippen LogP) is -0.144. The molecular weight excluding hydrogens is 228 g/mol. The molecule has 0 aromatic carbocycles.